The molecule has 0 saturated carbocycles. The zero-order chi connectivity index (χ0) is 14.7. The molecule has 0 aliphatic carbocycles. The molecule has 108 valence electrons. The molecular formula is C17H19N3O. The number of para-hydroxylation sites is 2. The average molecular weight is 281 g/mol. The Labute approximate surface area is 124 Å². The van der Waals surface area contributed by atoms with Crippen molar-refractivity contribution < 1.29 is 4.74 Å². The minimum Gasteiger partial charge on any atom is -0.497 e. The first-order valence-corrected chi connectivity index (χ1v) is 7.14. The highest BCUT2D eigenvalue weighted by molar-refractivity contribution is 5.78. The predicted octanol–water partition coefficient (Wildman–Crippen LogP) is 3.68. The third kappa shape index (κ3) is 2.70. The minimum absolute atomic E-state index is 0.723. The molecule has 0 bridgehead atoms. The van der Waals surface area contributed by atoms with Crippen LogP contribution in [0, 0.1) is 0 Å². The topological polar surface area (TPSA) is 39.1 Å². The normalized spacial score (nSPS) is 10.8. The van der Waals surface area contributed by atoms with Crippen molar-refractivity contribution in [1.29, 1.82) is 0 Å². The van der Waals surface area contributed by atoms with Crippen LogP contribution in [0.1, 0.15) is 12.5 Å². The number of anilines is 1. The Morgan fingerprint density at radius 3 is 2.81 bits per heavy atom. The van der Waals surface area contributed by atoms with Gasteiger partial charge in [0.15, 0.2) is 0 Å². The summed E-state index contributed by atoms with van der Waals surface area (Å²) in [4.78, 5) is 4.66. The zero-order valence-corrected chi connectivity index (χ0v) is 12.3. The summed E-state index contributed by atoms with van der Waals surface area (Å²) >= 11 is 0. The van der Waals surface area contributed by atoms with E-state index in [1.807, 2.05) is 36.4 Å². The van der Waals surface area contributed by atoms with Crippen LogP contribution < -0.4 is 10.1 Å². The Kier molecular flexibility index (Phi) is 3.77. The molecule has 4 nitrogen and oxygen atoms in total. The molecule has 0 aliphatic heterocycles. The number of aryl methyl sites for hydroxylation is 1. The number of hydrogen-bond acceptors (Lipinski definition) is 3. The van der Waals surface area contributed by atoms with E-state index >= 15 is 0 Å². The Bertz CT molecular complexity index is 749. The summed E-state index contributed by atoms with van der Waals surface area (Å²) in [5, 5.41) is 3.42. The van der Waals surface area contributed by atoms with Crippen molar-refractivity contribution in [3.8, 4) is 5.75 Å². The molecule has 0 atom stereocenters. The van der Waals surface area contributed by atoms with Gasteiger partial charge in [-0.3, -0.25) is 0 Å². The van der Waals surface area contributed by atoms with Gasteiger partial charge in [-0.05, 0) is 36.8 Å². The van der Waals surface area contributed by atoms with Crippen LogP contribution in [0.3, 0.4) is 0 Å². The maximum Gasteiger partial charge on any atom is 0.204 e. The van der Waals surface area contributed by atoms with Crippen LogP contribution in [0.25, 0.3) is 11.0 Å². The van der Waals surface area contributed by atoms with Gasteiger partial charge in [0.05, 0.1) is 18.1 Å². The van der Waals surface area contributed by atoms with Gasteiger partial charge >= 0.3 is 0 Å². The van der Waals surface area contributed by atoms with Crippen LogP contribution in [0.5, 0.6) is 5.75 Å². The van der Waals surface area contributed by atoms with E-state index in [9.17, 15) is 0 Å². The number of rotatable bonds is 5. The average Bonchev–Trinajstić information content (AvgIpc) is 2.90. The Morgan fingerprint density at radius 1 is 1.14 bits per heavy atom. The molecule has 2 aromatic carbocycles. The number of imidazole rings is 1. The second kappa shape index (κ2) is 5.87. The van der Waals surface area contributed by atoms with E-state index < -0.39 is 0 Å². The maximum atomic E-state index is 5.25. The van der Waals surface area contributed by atoms with Crippen molar-refractivity contribution in [3.63, 3.8) is 0 Å². The van der Waals surface area contributed by atoms with E-state index in [0.717, 1.165) is 35.8 Å². The van der Waals surface area contributed by atoms with E-state index in [4.69, 9.17) is 4.74 Å². The highest BCUT2D eigenvalue weighted by atomic mass is 16.5. The number of nitrogens with zero attached hydrogens (tertiary/aromatic N) is 2. The first kappa shape index (κ1) is 13.5. The number of aromatic nitrogens is 2. The van der Waals surface area contributed by atoms with E-state index in [0.29, 0.717) is 0 Å². The quantitative estimate of drug-likeness (QED) is 0.775. The molecule has 0 saturated heterocycles. The second-order valence-electron chi connectivity index (χ2n) is 4.87. The highest BCUT2D eigenvalue weighted by Crippen LogP contribution is 2.20. The minimum atomic E-state index is 0.723. The van der Waals surface area contributed by atoms with Gasteiger partial charge in [0.1, 0.15) is 5.75 Å². The molecule has 21 heavy (non-hydrogen) atoms. The van der Waals surface area contributed by atoms with Crippen LogP contribution in [-0.2, 0) is 13.1 Å². The van der Waals surface area contributed by atoms with E-state index in [1.54, 1.807) is 7.11 Å². The standard InChI is InChI=1S/C17H19N3O/c1-3-20-16-10-5-4-9-15(16)19-17(20)18-12-13-7-6-8-14(11-13)21-2/h4-11H,3,12H2,1-2H3,(H,18,19). The molecule has 4 heteroatoms. The van der Waals surface area contributed by atoms with Crippen molar-refractivity contribution in [2.24, 2.45) is 0 Å². The number of benzene rings is 2. The van der Waals surface area contributed by atoms with Gasteiger partial charge in [0.2, 0.25) is 5.95 Å². The number of hydrogen-bond donors (Lipinski definition) is 1. The van der Waals surface area contributed by atoms with Gasteiger partial charge in [0.25, 0.3) is 0 Å². The van der Waals surface area contributed by atoms with Crippen molar-refractivity contribution in [2.45, 2.75) is 20.0 Å². The molecule has 3 aromatic rings. The molecule has 0 unspecified atom stereocenters. The number of ether oxygens (including phenoxy) is 1. The van der Waals surface area contributed by atoms with Gasteiger partial charge in [-0.15, -0.1) is 0 Å². The fourth-order valence-corrected chi connectivity index (χ4v) is 2.49. The lowest BCUT2D eigenvalue weighted by molar-refractivity contribution is 0.414. The predicted molar refractivity (Wildman–Crippen MR) is 85.7 cm³/mol. The maximum absolute atomic E-state index is 5.25. The second-order valence-corrected chi connectivity index (χ2v) is 4.87. The zero-order valence-electron chi connectivity index (χ0n) is 12.3. The summed E-state index contributed by atoms with van der Waals surface area (Å²) in [6.45, 7) is 3.74. The molecule has 0 fully saturated rings. The van der Waals surface area contributed by atoms with E-state index in [2.05, 4.69) is 33.9 Å². The molecule has 3 rings (SSSR count). The monoisotopic (exact) mass is 281 g/mol. The number of fused-ring (bicyclic) bond motifs is 1. The van der Waals surface area contributed by atoms with Gasteiger partial charge in [-0.1, -0.05) is 24.3 Å². The summed E-state index contributed by atoms with van der Waals surface area (Å²) in [7, 11) is 1.68. The SMILES string of the molecule is CCn1c(NCc2cccc(OC)c2)nc2ccccc21. The molecule has 0 aliphatic rings. The third-order valence-corrected chi connectivity index (χ3v) is 3.56. The first-order valence-electron chi connectivity index (χ1n) is 7.14. The van der Waals surface area contributed by atoms with Crippen LogP contribution in [0.4, 0.5) is 5.95 Å². The fraction of sp³-hybridized carbons (Fsp3) is 0.235. The fourth-order valence-electron chi connectivity index (χ4n) is 2.49. The number of methoxy groups -OCH3 is 1. The molecular weight excluding hydrogens is 262 g/mol. The molecule has 1 heterocycles. The van der Waals surface area contributed by atoms with Crippen molar-refractivity contribution in [1.82, 2.24) is 9.55 Å². The van der Waals surface area contributed by atoms with E-state index in [-0.39, 0.29) is 0 Å². The van der Waals surface area contributed by atoms with Crippen LogP contribution >= 0.6 is 0 Å². The van der Waals surface area contributed by atoms with Gasteiger partial charge in [-0.2, -0.15) is 0 Å². The van der Waals surface area contributed by atoms with Crippen molar-refractivity contribution in [2.75, 3.05) is 12.4 Å². The third-order valence-electron chi connectivity index (χ3n) is 3.56. The molecule has 0 spiro atoms. The lowest BCUT2D eigenvalue weighted by Gasteiger charge is -2.09. The van der Waals surface area contributed by atoms with Crippen molar-refractivity contribution in [3.05, 3.63) is 54.1 Å². The molecule has 0 amide bonds. The van der Waals surface area contributed by atoms with Crippen LogP contribution in [0.2, 0.25) is 0 Å². The summed E-state index contributed by atoms with van der Waals surface area (Å²) in [5.74, 6) is 1.78. The highest BCUT2D eigenvalue weighted by Gasteiger charge is 2.08. The Balaban J connectivity index is 1.84. The Morgan fingerprint density at radius 2 is 2.00 bits per heavy atom. The lowest BCUT2D eigenvalue weighted by atomic mass is 10.2. The molecule has 1 N–H and O–H groups in total. The summed E-state index contributed by atoms with van der Waals surface area (Å²) in [6, 6.07) is 16.3. The summed E-state index contributed by atoms with van der Waals surface area (Å²) < 4.78 is 7.44. The van der Waals surface area contributed by atoms with Crippen LogP contribution in [0.15, 0.2) is 48.5 Å². The summed E-state index contributed by atoms with van der Waals surface area (Å²) in [5.41, 5.74) is 3.35. The molecule has 1 aromatic heterocycles. The molecule has 0 radical (unpaired) electrons. The first-order chi connectivity index (χ1) is 10.3. The smallest absolute Gasteiger partial charge is 0.204 e. The van der Waals surface area contributed by atoms with Crippen LogP contribution in [-0.4, -0.2) is 16.7 Å². The van der Waals surface area contributed by atoms with Gasteiger partial charge in [0, 0.05) is 13.1 Å². The largest absolute Gasteiger partial charge is 0.497 e. The van der Waals surface area contributed by atoms with Gasteiger partial charge in [-0.25, -0.2) is 4.98 Å². The van der Waals surface area contributed by atoms with Crippen molar-refractivity contribution >= 4 is 17.0 Å². The summed E-state index contributed by atoms with van der Waals surface area (Å²) in [6.07, 6.45) is 0. The number of nitrogens with one attached hydrogen (secondary N) is 1. The van der Waals surface area contributed by atoms with Gasteiger partial charge < -0.3 is 14.6 Å². The van der Waals surface area contributed by atoms with E-state index in [1.165, 1.54) is 5.56 Å². The Hall–Kier alpha value is -2.49. The lowest BCUT2D eigenvalue weighted by Crippen LogP contribution is -2.06.